The maximum atomic E-state index is 6.26. The lowest BCUT2D eigenvalue weighted by Crippen LogP contribution is -2.12. The Morgan fingerprint density at radius 2 is 1.00 bits per heavy atom. The van der Waals surface area contributed by atoms with E-state index < -0.39 is 0 Å². The number of hydrogen-bond acceptors (Lipinski definition) is 2. The first kappa shape index (κ1) is 26.3. The fourth-order valence-corrected chi connectivity index (χ4v) is 6.79. The van der Waals surface area contributed by atoms with E-state index in [-0.39, 0.29) is 0 Å². The van der Waals surface area contributed by atoms with Crippen LogP contribution in [0.2, 0.25) is 0 Å². The first-order chi connectivity index (χ1) is 22.8. The zero-order valence-corrected chi connectivity index (χ0v) is 25.1. The van der Waals surface area contributed by atoms with E-state index in [4.69, 9.17) is 4.42 Å². The molecule has 0 aliphatic heterocycles. The Balaban J connectivity index is 1.37. The Bertz CT molecular complexity index is 2540. The molecule has 0 aliphatic rings. The van der Waals surface area contributed by atoms with Gasteiger partial charge in [-0.25, -0.2) is 0 Å². The summed E-state index contributed by atoms with van der Waals surface area (Å²) in [6.45, 7) is 0. The third-order valence-electron chi connectivity index (χ3n) is 9.01. The van der Waals surface area contributed by atoms with Crippen molar-refractivity contribution in [3.8, 4) is 22.3 Å². The lowest BCUT2D eigenvalue weighted by atomic mass is 9.94. The summed E-state index contributed by atoms with van der Waals surface area (Å²) in [5.74, 6) is 0. The second-order valence-corrected chi connectivity index (χ2v) is 11.8. The lowest BCUT2D eigenvalue weighted by Gasteiger charge is -2.30. The molecule has 0 N–H and O–H groups in total. The summed E-state index contributed by atoms with van der Waals surface area (Å²) in [5, 5.41) is 7.08. The van der Waals surface area contributed by atoms with Crippen LogP contribution in [0.25, 0.3) is 65.7 Å². The number of furan rings is 1. The Hall–Kier alpha value is -6.12. The van der Waals surface area contributed by atoms with E-state index in [1.54, 1.807) is 0 Å². The molecule has 0 amide bonds. The highest BCUT2D eigenvalue weighted by molar-refractivity contribution is 6.08. The van der Waals surface area contributed by atoms with Gasteiger partial charge in [-0.2, -0.15) is 0 Å². The first-order valence-corrected chi connectivity index (χ1v) is 15.7. The first-order valence-electron chi connectivity index (χ1n) is 15.7. The van der Waals surface area contributed by atoms with Crippen molar-refractivity contribution in [1.29, 1.82) is 0 Å². The zero-order chi connectivity index (χ0) is 30.5. The van der Waals surface area contributed by atoms with Gasteiger partial charge >= 0.3 is 0 Å². The molecule has 2 heteroatoms. The second kappa shape index (κ2) is 10.8. The van der Waals surface area contributed by atoms with Crippen LogP contribution in [0.5, 0.6) is 0 Å². The molecule has 1 aromatic heterocycles. The van der Waals surface area contributed by atoms with Crippen LogP contribution < -0.4 is 4.90 Å². The van der Waals surface area contributed by atoms with Crippen molar-refractivity contribution >= 4 is 60.5 Å². The van der Waals surface area contributed by atoms with Crippen molar-refractivity contribution in [3.05, 3.63) is 176 Å². The van der Waals surface area contributed by atoms with Gasteiger partial charge in [0.15, 0.2) is 0 Å². The fraction of sp³-hybridized carbons (Fsp3) is 0. The van der Waals surface area contributed by atoms with Crippen molar-refractivity contribution in [2.24, 2.45) is 0 Å². The summed E-state index contributed by atoms with van der Waals surface area (Å²) in [4.78, 5) is 2.43. The molecule has 46 heavy (non-hydrogen) atoms. The van der Waals surface area contributed by atoms with Gasteiger partial charge in [-0.1, -0.05) is 127 Å². The molecule has 0 saturated carbocycles. The van der Waals surface area contributed by atoms with E-state index in [0.29, 0.717) is 0 Å². The maximum absolute atomic E-state index is 6.26. The van der Waals surface area contributed by atoms with Crippen LogP contribution in [0, 0.1) is 0 Å². The summed E-state index contributed by atoms with van der Waals surface area (Å²) in [6.07, 6.45) is 0. The molecule has 0 atom stereocenters. The van der Waals surface area contributed by atoms with Gasteiger partial charge in [-0.15, -0.1) is 0 Å². The third-order valence-corrected chi connectivity index (χ3v) is 9.01. The van der Waals surface area contributed by atoms with Crippen LogP contribution >= 0.6 is 0 Å². The van der Waals surface area contributed by atoms with E-state index in [0.717, 1.165) is 44.6 Å². The van der Waals surface area contributed by atoms with Gasteiger partial charge in [0, 0.05) is 27.6 Å². The van der Waals surface area contributed by atoms with E-state index in [1.807, 2.05) is 12.1 Å². The van der Waals surface area contributed by atoms with Gasteiger partial charge in [0.2, 0.25) is 0 Å². The average molecular weight is 588 g/mol. The monoisotopic (exact) mass is 587 g/mol. The largest absolute Gasteiger partial charge is 0.456 e. The molecule has 0 bridgehead atoms. The molecule has 0 spiro atoms. The number of nitrogens with zero attached hydrogens (tertiary/aromatic N) is 1. The van der Waals surface area contributed by atoms with Crippen molar-refractivity contribution in [2.45, 2.75) is 0 Å². The van der Waals surface area contributed by atoms with Gasteiger partial charge in [-0.05, 0) is 81.2 Å². The highest BCUT2D eigenvalue weighted by atomic mass is 16.3. The minimum Gasteiger partial charge on any atom is -0.456 e. The predicted octanol–water partition coefficient (Wildman–Crippen LogP) is 12.7. The maximum Gasteiger partial charge on any atom is 0.135 e. The smallest absolute Gasteiger partial charge is 0.135 e. The van der Waals surface area contributed by atoms with Crippen molar-refractivity contribution in [1.82, 2.24) is 0 Å². The van der Waals surface area contributed by atoms with E-state index in [1.165, 1.54) is 38.2 Å². The number of hydrogen-bond donors (Lipinski definition) is 0. The van der Waals surface area contributed by atoms with Crippen LogP contribution in [0.15, 0.2) is 180 Å². The summed E-state index contributed by atoms with van der Waals surface area (Å²) in [5.41, 5.74) is 9.76. The number of benzene rings is 8. The van der Waals surface area contributed by atoms with Crippen LogP contribution in [-0.2, 0) is 0 Å². The zero-order valence-electron chi connectivity index (χ0n) is 25.1. The van der Waals surface area contributed by atoms with Gasteiger partial charge in [0.05, 0.1) is 11.4 Å². The van der Waals surface area contributed by atoms with Crippen molar-refractivity contribution in [2.75, 3.05) is 4.90 Å². The number of fused-ring (bicyclic) bond motifs is 5. The predicted molar refractivity (Wildman–Crippen MR) is 194 cm³/mol. The molecule has 9 rings (SSSR count). The van der Waals surface area contributed by atoms with Gasteiger partial charge in [-0.3, -0.25) is 0 Å². The Morgan fingerprint density at radius 1 is 0.348 bits per heavy atom. The third kappa shape index (κ3) is 4.43. The van der Waals surface area contributed by atoms with Crippen LogP contribution in [0.3, 0.4) is 0 Å². The number of para-hydroxylation sites is 2. The summed E-state index contributed by atoms with van der Waals surface area (Å²) in [6, 6.07) is 63.0. The quantitative estimate of drug-likeness (QED) is 0.199. The molecular formula is C44H29NO. The minimum absolute atomic E-state index is 0.884. The topological polar surface area (TPSA) is 16.4 Å². The standard InChI is InChI=1S/C44H29NO/c1-2-13-31(14-3-1)37-18-8-10-20-41(37)45(36-24-25-44-40(29-36)38-19-9-11-21-43(38)46-44)42-28-34-17-7-6-16-33(34)27-39(42)35-23-22-30-12-4-5-15-32(30)26-35/h1-29H. The van der Waals surface area contributed by atoms with Gasteiger partial charge in [0.25, 0.3) is 0 Å². The fourth-order valence-electron chi connectivity index (χ4n) is 6.79. The molecule has 0 unspecified atom stereocenters. The molecular weight excluding hydrogens is 558 g/mol. The molecule has 2 nitrogen and oxygen atoms in total. The molecule has 1 heterocycles. The molecule has 0 saturated heterocycles. The molecule has 216 valence electrons. The van der Waals surface area contributed by atoms with Crippen LogP contribution in [0.1, 0.15) is 0 Å². The lowest BCUT2D eigenvalue weighted by molar-refractivity contribution is 0.669. The number of anilines is 3. The highest BCUT2D eigenvalue weighted by Crippen LogP contribution is 2.47. The Kier molecular flexibility index (Phi) is 6.17. The van der Waals surface area contributed by atoms with E-state index >= 15 is 0 Å². The normalized spacial score (nSPS) is 11.5. The SMILES string of the molecule is c1ccc(-c2ccccc2N(c2ccc3oc4ccccc4c3c2)c2cc3ccccc3cc2-c2ccc3ccccc3c2)cc1. The van der Waals surface area contributed by atoms with Crippen LogP contribution in [-0.4, -0.2) is 0 Å². The Morgan fingerprint density at radius 3 is 1.85 bits per heavy atom. The molecule has 0 radical (unpaired) electrons. The molecule has 0 aliphatic carbocycles. The number of rotatable bonds is 5. The average Bonchev–Trinajstić information content (AvgIpc) is 3.50. The summed E-state index contributed by atoms with van der Waals surface area (Å²) < 4.78 is 6.26. The van der Waals surface area contributed by atoms with E-state index in [9.17, 15) is 0 Å². The molecule has 0 fully saturated rings. The van der Waals surface area contributed by atoms with Gasteiger partial charge in [0.1, 0.15) is 11.2 Å². The Labute approximate surface area is 267 Å². The molecule has 9 aromatic rings. The summed E-state index contributed by atoms with van der Waals surface area (Å²) in [7, 11) is 0. The van der Waals surface area contributed by atoms with Gasteiger partial charge < -0.3 is 9.32 Å². The highest BCUT2D eigenvalue weighted by Gasteiger charge is 2.22. The van der Waals surface area contributed by atoms with E-state index in [2.05, 4.69) is 169 Å². The van der Waals surface area contributed by atoms with Crippen LogP contribution in [0.4, 0.5) is 17.1 Å². The van der Waals surface area contributed by atoms with Crippen molar-refractivity contribution in [3.63, 3.8) is 0 Å². The second-order valence-electron chi connectivity index (χ2n) is 11.8. The summed E-state index contributed by atoms with van der Waals surface area (Å²) >= 11 is 0. The minimum atomic E-state index is 0.884. The van der Waals surface area contributed by atoms with Crippen molar-refractivity contribution < 1.29 is 4.42 Å². The molecule has 8 aromatic carbocycles.